The van der Waals surface area contributed by atoms with Gasteiger partial charge in [0.05, 0.1) is 0 Å². The maximum atomic E-state index is 5.35. The Labute approximate surface area is 55.5 Å². The third-order valence-corrected chi connectivity index (χ3v) is 2.06. The second-order valence-corrected chi connectivity index (χ2v) is 3.26. The van der Waals surface area contributed by atoms with Crippen molar-refractivity contribution in [3.63, 3.8) is 0 Å². The van der Waals surface area contributed by atoms with Gasteiger partial charge in [-0.2, -0.15) is 0 Å². The van der Waals surface area contributed by atoms with Crippen LogP contribution in [0.3, 0.4) is 0 Å². The van der Waals surface area contributed by atoms with Gasteiger partial charge in [-0.25, -0.2) is 0 Å². The fourth-order valence-corrected chi connectivity index (χ4v) is 1.14. The summed E-state index contributed by atoms with van der Waals surface area (Å²) in [7, 11) is 1.97. The summed E-state index contributed by atoms with van der Waals surface area (Å²) in [5.74, 6) is 0. The summed E-state index contributed by atoms with van der Waals surface area (Å²) in [5, 5.41) is 3.06. The molecule has 0 saturated heterocycles. The predicted molar refractivity (Wildman–Crippen MR) is 27.6 cm³/mol. The molecule has 0 fully saturated rings. The molecule has 0 atom stereocenters. The van der Waals surface area contributed by atoms with E-state index in [2.05, 4.69) is 5.32 Å². The number of hydrogen-bond donors (Lipinski definition) is 2. The third-order valence-electron chi connectivity index (χ3n) is 0.670. The van der Waals surface area contributed by atoms with Crippen LogP contribution in [0.5, 0.6) is 0 Å². The molecule has 0 aliphatic rings. The van der Waals surface area contributed by atoms with Crippen LogP contribution in [0, 0.1) is 0 Å². The van der Waals surface area contributed by atoms with E-state index in [4.69, 9.17) is 3.95 Å². The van der Waals surface area contributed by atoms with Gasteiger partial charge in [-0.15, -0.1) is 0 Å². The minimum absolute atomic E-state index is 0.0549. The summed E-state index contributed by atoms with van der Waals surface area (Å²) >= 11 is 0.0549. The fraction of sp³-hybridized carbons (Fsp3) is 1.00. The van der Waals surface area contributed by atoms with Gasteiger partial charge in [-0.1, -0.05) is 0 Å². The zero-order valence-corrected chi connectivity index (χ0v) is 6.73. The summed E-state index contributed by atoms with van der Waals surface area (Å²) in [6.45, 7) is 1.12. The molecule has 0 radical (unpaired) electrons. The molecule has 2 nitrogen and oxygen atoms in total. The molecule has 3 heteroatoms. The molecule has 0 aromatic carbocycles. The van der Waals surface area contributed by atoms with Crippen LogP contribution in [0.15, 0.2) is 0 Å². The Hall–Kier alpha value is 0.650. The van der Waals surface area contributed by atoms with Gasteiger partial charge in [0.2, 0.25) is 0 Å². The van der Waals surface area contributed by atoms with Crippen molar-refractivity contribution in [3.05, 3.63) is 0 Å². The van der Waals surface area contributed by atoms with E-state index in [1.165, 1.54) is 10.8 Å². The van der Waals surface area contributed by atoms with E-state index >= 15 is 0 Å². The Kier molecular flexibility index (Phi) is 7.27. The molecule has 0 aromatic rings. The molecule has 0 heterocycles. The number of halogens is 1. The van der Waals surface area contributed by atoms with Crippen molar-refractivity contribution in [2.24, 2.45) is 3.95 Å². The van der Waals surface area contributed by atoms with Gasteiger partial charge in [0.15, 0.2) is 0 Å². The maximum absolute atomic E-state index is 5.35. The van der Waals surface area contributed by atoms with Crippen molar-refractivity contribution in [1.82, 2.24) is 5.32 Å². The molecule has 3 N–H and O–H groups in total. The van der Waals surface area contributed by atoms with Crippen LogP contribution in [0.1, 0.15) is 6.42 Å². The van der Waals surface area contributed by atoms with Crippen LogP contribution in [0.25, 0.3) is 0 Å². The SMILES string of the molecule is CNCCC[I-]N. The van der Waals surface area contributed by atoms with E-state index in [-0.39, 0.29) is 21.5 Å². The normalized spacial score (nSPS) is 10.0. The van der Waals surface area contributed by atoms with Crippen LogP contribution in [0.4, 0.5) is 0 Å². The Morgan fingerprint density at radius 1 is 1.71 bits per heavy atom. The van der Waals surface area contributed by atoms with Gasteiger partial charge in [-0.05, 0) is 0 Å². The van der Waals surface area contributed by atoms with E-state index in [1.807, 2.05) is 7.05 Å². The van der Waals surface area contributed by atoms with Crippen LogP contribution in [-0.4, -0.2) is 18.0 Å². The Morgan fingerprint density at radius 3 is 2.86 bits per heavy atom. The first-order valence-corrected chi connectivity index (χ1v) is 5.11. The minimum atomic E-state index is 0.0549. The predicted octanol–water partition coefficient (Wildman–Crippen LogP) is -3.44. The number of alkyl halides is 1. The molecule has 0 amide bonds. The van der Waals surface area contributed by atoms with E-state index in [0.717, 1.165) is 6.54 Å². The van der Waals surface area contributed by atoms with Crippen LogP contribution >= 0.6 is 0 Å². The summed E-state index contributed by atoms with van der Waals surface area (Å²) in [4.78, 5) is 0. The Bertz CT molecular complexity index is 28.9. The fourth-order valence-electron chi connectivity index (χ4n) is 0.321. The number of nitrogens with two attached hydrogens (primary N) is 1. The summed E-state index contributed by atoms with van der Waals surface area (Å²) in [6.07, 6.45) is 1.25. The van der Waals surface area contributed by atoms with Gasteiger partial charge in [0.1, 0.15) is 0 Å². The van der Waals surface area contributed by atoms with Crippen LogP contribution in [-0.2, 0) is 0 Å². The molecule has 0 spiro atoms. The molecular weight excluding hydrogens is 203 g/mol. The van der Waals surface area contributed by atoms with Gasteiger partial charge < -0.3 is 0 Å². The molecule has 46 valence electrons. The van der Waals surface area contributed by atoms with Gasteiger partial charge in [0.25, 0.3) is 0 Å². The summed E-state index contributed by atoms with van der Waals surface area (Å²) in [6, 6.07) is 0. The first-order valence-electron chi connectivity index (χ1n) is 2.34. The summed E-state index contributed by atoms with van der Waals surface area (Å²) in [5.41, 5.74) is 0. The van der Waals surface area contributed by atoms with Crippen molar-refractivity contribution < 1.29 is 21.5 Å². The Morgan fingerprint density at radius 2 is 2.43 bits per heavy atom. The monoisotopic (exact) mass is 215 g/mol. The first-order chi connectivity index (χ1) is 3.41. The van der Waals surface area contributed by atoms with E-state index < -0.39 is 0 Å². The van der Waals surface area contributed by atoms with Crippen molar-refractivity contribution in [3.8, 4) is 0 Å². The van der Waals surface area contributed by atoms with Gasteiger partial charge in [-0.3, -0.25) is 0 Å². The topological polar surface area (TPSA) is 38.0 Å². The van der Waals surface area contributed by atoms with Crippen molar-refractivity contribution >= 4 is 0 Å². The molecule has 0 unspecified atom stereocenters. The average Bonchev–Trinajstić information content (AvgIpc) is 1.69. The summed E-state index contributed by atoms with van der Waals surface area (Å²) < 4.78 is 6.60. The van der Waals surface area contributed by atoms with Crippen molar-refractivity contribution in [2.45, 2.75) is 6.42 Å². The Balaban J connectivity index is 2.45. The average molecular weight is 215 g/mol. The number of hydrogen-bond acceptors (Lipinski definition) is 2. The molecule has 0 aromatic heterocycles. The molecule has 0 aliphatic carbocycles. The zero-order chi connectivity index (χ0) is 5.54. The van der Waals surface area contributed by atoms with E-state index in [1.54, 1.807) is 0 Å². The molecule has 7 heavy (non-hydrogen) atoms. The standard InChI is InChI=1S/C4H12IN2/c1-7-4-2-3-5-6/h7H,2-4,6H2,1H3/q-1. The van der Waals surface area contributed by atoms with Crippen molar-refractivity contribution in [1.29, 1.82) is 0 Å². The molecule has 0 rings (SSSR count). The van der Waals surface area contributed by atoms with Gasteiger partial charge >= 0.3 is 55.2 Å². The number of nitrogens with one attached hydrogen (secondary N) is 1. The molecule has 0 aliphatic heterocycles. The molecular formula is C4H12IN2-. The van der Waals surface area contributed by atoms with Crippen LogP contribution in [0.2, 0.25) is 0 Å². The van der Waals surface area contributed by atoms with Crippen molar-refractivity contribution in [2.75, 3.05) is 18.0 Å². The van der Waals surface area contributed by atoms with Gasteiger partial charge in [0, 0.05) is 0 Å². The second kappa shape index (κ2) is 6.65. The van der Waals surface area contributed by atoms with Crippen LogP contribution < -0.4 is 30.7 Å². The molecule has 0 saturated carbocycles. The first kappa shape index (κ1) is 7.65. The second-order valence-electron chi connectivity index (χ2n) is 1.30. The van der Waals surface area contributed by atoms with E-state index in [0.29, 0.717) is 0 Å². The molecule has 0 bridgehead atoms. The third kappa shape index (κ3) is 6.65. The number of rotatable bonds is 4. The zero-order valence-electron chi connectivity index (χ0n) is 4.58. The quantitative estimate of drug-likeness (QED) is 0.221. The van der Waals surface area contributed by atoms with E-state index in [9.17, 15) is 0 Å².